The van der Waals surface area contributed by atoms with Crippen LogP contribution in [-0.4, -0.2) is 45.3 Å². The molecule has 1 saturated heterocycles. The zero-order chi connectivity index (χ0) is 26.0. The molecule has 0 saturated carbocycles. The lowest BCUT2D eigenvalue weighted by Crippen LogP contribution is -2.61. The van der Waals surface area contributed by atoms with Gasteiger partial charge in [0.25, 0.3) is 11.8 Å². The average Bonchev–Trinajstić information content (AvgIpc) is 3.30. The second kappa shape index (κ2) is 10.0. The van der Waals surface area contributed by atoms with Crippen LogP contribution in [0.1, 0.15) is 34.2 Å². The summed E-state index contributed by atoms with van der Waals surface area (Å²) in [5, 5.41) is 10.6. The molecule has 1 aliphatic heterocycles. The maximum atomic E-state index is 13.4. The zero-order valence-corrected chi connectivity index (χ0v) is 20.8. The number of carbonyl (C=O) groups excluding carboxylic acids is 2. The van der Waals surface area contributed by atoms with Crippen molar-refractivity contribution in [1.29, 1.82) is 0 Å². The van der Waals surface area contributed by atoms with E-state index in [0.29, 0.717) is 41.8 Å². The van der Waals surface area contributed by atoms with E-state index < -0.39 is 11.4 Å². The molecule has 0 spiro atoms. The second-order valence-electron chi connectivity index (χ2n) is 8.84. The molecule has 37 heavy (non-hydrogen) atoms. The molecule has 10 heteroatoms. The predicted octanol–water partition coefficient (Wildman–Crippen LogP) is 4.33. The monoisotopic (exact) mass is 516 g/mol. The molecule has 2 amide bonds. The highest BCUT2D eigenvalue weighted by Gasteiger charge is 2.39. The number of hydrogen-bond acceptors (Lipinski definition) is 6. The van der Waals surface area contributed by atoms with Gasteiger partial charge in [-0.1, -0.05) is 48.9 Å². The Morgan fingerprint density at radius 2 is 1.84 bits per heavy atom. The third-order valence-electron chi connectivity index (χ3n) is 6.27. The molecule has 1 aliphatic rings. The molecule has 4 aromatic rings. The number of ether oxygens (including phenoxy) is 1. The molecule has 188 valence electrons. The summed E-state index contributed by atoms with van der Waals surface area (Å²) in [6.45, 7) is 2.90. The third kappa shape index (κ3) is 5.04. The number of nitrogens with zero attached hydrogens (tertiary/aromatic N) is 3. The van der Waals surface area contributed by atoms with Crippen molar-refractivity contribution in [2.75, 3.05) is 24.3 Å². The maximum absolute atomic E-state index is 13.4. The first-order valence-electron chi connectivity index (χ1n) is 11.8. The molecule has 0 unspecified atom stereocenters. The van der Waals surface area contributed by atoms with Gasteiger partial charge in [0.1, 0.15) is 11.6 Å². The third-order valence-corrected chi connectivity index (χ3v) is 6.60. The van der Waals surface area contributed by atoms with Gasteiger partial charge in [-0.15, -0.1) is 0 Å². The molecular formula is C27H25ClN6O3. The van der Waals surface area contributed by atoms with Gasteiger partial charge in [0.2, 0.25) is 0 Å². The summed E-state index contributed by atoms with van der Waals surface area (Å²) < 4.78 is 6.82. The number of halogens is 1. The van der Waals surface area contributed by atoms with Gasteiger partial charge in [0.05, 0.1) is 40.7 Å². The maximum Gasteiger partial charge on any atom is 0.272 e. The standard InChI is InChI=1S/C27H25ClN6O3/c1-2-27(15-37-16-27)32-26(36)22-14-24(34(33-22)18-7-4-3-5-8-18)31-25(35)19-13-17(11-12-20(19)28)21-9-6-10-23(29)30-21/h3-14H,2,15-16H2,1H3,(H2,29,30)(H,31,35)(H,32,36). The summed E-state index contributed by atoms with van der Waals surface area (Å²) in [6, 6.07) is 21.1. The number of carbonyl (C=O) groups is 2. The Kier molecular flexibility index (Phi) is 6.64. The van der Waals surface area contributed by atoms with E-state index in [1.807, 2.05) is 37.3 Å². The Morgan fingerprint density at radius 3 is 2.51 bits per heavy atom. The number of rotatable bonds is 7. The minimum Gasteiger partial charge on any atom is -0.384 e. The topological polar surface area (TPSA) is 124 Å². The van der Waals surface area contributed by atoms with Gasteiger partial charge in [-0.2, -0.15) is 5.10 Å². The van der Waals surface area contributed by atoms with Gasteiger partial charge in [0.15, 0.2) is 5.69 Å². The molecule has 0 radical (unpaired) electrons. The van der Waals surface area contributed by atoms with Crippen molar-refractivity contribution in [1.82, 2.24) is 20.1 Å². The van der Waals surface area contributed by atoms with Crippen molar-refractivity contribution in [2.45, 2.75) is 18.9 Å². The zero-order valence-electron chi connectivity index (χ0n) is 20.1. The van der Waals surface area contributed by atoms with E-state index in [0.717, 1.165) is 6.42 Å². The number of nitrogens with two attached hydrogens (primary N) is 1. The number of amides is 2. The number of pyridine rings is 1. The lowest BCUT2D eigenvalue weighted by molar-refractivity contribution is -0.0710. The number of benzene rings is 2. The molecule has 3 heterocycles. The van der Waals surface area contributed by atoms with Crippen LogP contribution in [0.25, 0.3) is 16.9 Å². The fraction of sp³-hybridized carbons (Fsp3) is 0.185. The van der Waals surface area contributed by atoms with Crippen LogP contribution in [0.2, 0.25) is 5.02 Å². The quantitative estimate of drug-likeness (QED) is 0.336. The van der Waals surface area contributed by atoms with Crippen LogP contribution in [0.15, 0.2) is 72.8 Å². The number of nitrogen functional groups attached to an aromatic ring is 1. The molecule has 2 aromatic heterocycles. The first-order valence-corrected chi connectivity index (χ1v) is 12.1. The van der Waals surface area contributed by atoms with Gasteiger partial charge in [-0.3, -0.25) is 9.59 Å². The Labute approximate surface area is 218 Å². The van der Waals surface area contributed by atoms with E-state index >= 15 is 0 Å². The van der Waals surface area contributed by atoms with Gasteiger partial charge in [-0.05, 0) is 42.8 Å². The van der Waals surface area contributed by atoms with Crippen LogP contribution < -0.4 is 16.4 Å². The van der Waals surface area contributed by atoms with Crippen molar-refractivity contribution in [2.24, 2.45) is 0 Å². The van der Waals surface area contributed by atoms with Gasteiger partial charge >= 0.3 is 0 Å². The second-order valence-corrected chi connectivity index (χ2v) is 9.25. The highest BCUT2D eigenvalue weighted by Crippen LogP contribution is 2.27. The van der Waals surface area contributed by atoms with E-state index in [2.05, 4.69) is 20.7 Å². The first-order chi connectivity index (χ1) is 17.9. The van der Waals surface area contributed by atoms with Crippen molar-refractivity contribution in [3.05, 3.63) is 89.1 Å². The number of para-hydroxylation sites is 1. The number of nitrogens with one attached hydrogen (secondary N) is 2. The summed E-state index contributed by atoms with van der Waals surface area (Å²) >= 11 is 6.40. The Morgan fingerprint density at radius 1 is 1.05 bits per heavy atom. The molecule has 5 rings (SSSR count). The predicted molar refractivity (Wildman–Crippen MR) is 142 cm³/mol. The number of anilines is 2. The van der Waals surface area contributed by atoms with E-state index in [1.54, 1.807) is 42.5 Å². The van der Waals surface area contributed by atoms with Crippen LogP contribution in [0, 0.1) is 0 Å². The van der Waals surface area contributed by atoms with Crippen LogP contribution in [0.4, 0.5) is 11.6 Å². The van der Waals surface area contributed by atoms with Crippen LogP contribution in [0.3, 0.4) is 0 Å². The summed E-state index contributed by atoms with van der Waals surface area (Å²) in [4.78, 5) is 30.8. The number of hydrogen-bond donors (Lipinski definition) is 3. The van der Waals surface area contributed by atoms with Crippen molar-refractivity contribution >= 4 is 35.1 Å². The minimum atomic E-state index is -0.461. The molecule has 0 aliphatic carbocycles. The summed E-state index contributed by atoms with van der Waals surface area (Å²) in [5.41, 5.74) is 7.81. The fourth-order valence-electron chi connectivity index (χ4n) is 4.02. The minimum absolute atomic E-state index is 0.169. The highest BCUT2D eigenvalue weighted by atomic mass is 35.5. The van der Waals surface area contributed by atoms with Gasteiger partial charge in [-0.25, -0.2) is 9.67 Å². The molecule has 1 fully saturated rings. The molecule has 9 nitrogen and oxygen atoms in total. The lowest BCUT2D eigenvalue weighted by Gasteiger charge is -2.41. The fourth-order valence-corrected chi connectivity index (χ4v) is 4.22. The smallest absolute Gasteiger partial charge is 0.272 e. The van der Waals surface area contributed by atoms with E-state index in [9.17, 15) is 9.59 Å². The Hall–Kier alpha value is -4.21. The summed E-state index contributed by atoms with van der Waals surface area (Å²) in [7, 11) is 0. The Bertz CT molecular complexity index is 1460. The first kappa shape index (κ1) is 24.5. The van der Waals surface area contributed by atoms with Crippen LogP contribution >= 0.6 is 11.6 Å². The lowest BCUT2D eigenvalue weighted by atomic mass is 9.94. The van der Waals surface area contributed by atoms with E-state index in [4.69, 9.17) is 22.1 Å². The van der Waals surface area contributed by atoms with Crippen LogP contribution in [0.5, 0.6) is 0 Å². The van der Waals surface area contributed by atoms with Gasteiger partial charge < -0.3 is 21.1 Å². The number of aromatic nitrogens is 3. The molecule has 0 bridgehead atoms. The summed E-state index contributed by atoms with van der Waals surface area (Å²) in [6.07, 6.45) is 0.735. The SMILES string of the molecule is CCC1(NC(=O)c2cc(NC(=O)c3cc(-c4cccc(N)n4)ccc3Cl)n(-c3ccccc3)n2)COC1. The molecule has 4 N–H and O–H groups in total. The molecule has 0 atom stereocenters. The highest BCUT2D eigenvalue weighted by molar-refractivity contribution is 6.34. The largest absolute Gasteiger partial charge is 0.384 e. The van der Waals surface area contributed by atoms with E-state index in [1.165, 1.54) is 4.68 Å². The van der Waals surface area contributed by atoms with Crippen molar-refractivity contribution in [3.63, 3.8) is 0 Å². The van der Waals surface area contributed by atoms with Crippen molar-refractivity contribution < 1.29 is 14.3 Å². The average molecular weight is 517 g/mol. The summed E-state index contributed by atoms with van der Waals surface area (Å²) in [5.74, 6) is -0.116. The molecule has 2 aromatic carbocycles. The molecular weight excluding hydrogens is 492 g/mol. The van der Waals surface area contributed by atoms with Crippen LogP contribution in [-0.2, 0) is 4.74 Å². The van der Waals surface area contributed by atoms with Crippen molar-refractivity contribution in [3.8, 4) is 16.9 Å². The van der Waals surface area contributed by atoms with Gasteiger partial charge in [0, 0.05) is 11.6 Å². The normalized spacial score (nSPS) is 14.0. The Balaban J connectivity index is 1.47. The van der Waals surface area contributed by atoms with E-state index in [-0.39, 0.29) is 22.2 Å².